The Morgan fingerprint density at radius 2 is 2.24 bits per heavy atom. The van der Waals surface area contributed by atoms with Gasteiger partial charge in [0.1, 0.15) is 6.10 Å². The summed E-state index contributed by atoms with van der Waals surface area (Å²) in [4.78, 5) is 16.6. The number of pyridine rings is 1. The normalized spacial score (nSPS) is 16.9. The van der Waals surface area contributed by atoms with E-state index < -0.39 is 0 Å². The number of nitrogens with zero attached hydrogens (tertiary/aromatic N) is 3. The number of benzene rings is 1. The van der Waals surface area contributed by atoms with Gasteiger partial charge in [-0.1, -0.05) is 0 Å². The summed E-state index contributed by atoms with van der Waals surface area (Å²) in [5, 5.41) is 8.08. The molecular formula is C18H18N4O2S. The number of anilines is 1. The average molecular weight is 354 g/mol. The number of hydrogen-bond acceptors (Lipinski definition) is 5. The molecule has 6 nitrogen and oxygen atoms in total. The second-order valence-electron chi connectivity index (χ2n) is 5.98. The highest BCUT2D eigenvalue weighted by Crippen LogP contribution is 2.22. The van der Waals surface area contributed by atoms with Crippen LogP contribution >= 0.6 is 11.8 Å². The molecule has 7 heteroatoms. The molecule has 0 unspecified atom stereocenters. The van der Waals surface area contributed by atoms with Crippen LogP contribution in [0.25, 0.3) is 10.9 Å². The fourth-order valence-corrected chi connectivity index (χ4v) is 3.90. The van der Waals surface area contributed by atoms with Crippen molar-refractivity contribution in [2.24, 2.45) is 7.05 Å². The van der Waals surface area contributed by atoms with Crippen molar-refractivity contribution in [2.75, 3.05) is 16.8 Å². The lowest BCUT2D eigenvalue weighted by molar-refractivity contribution is 0.102. The highest BCUT2D eigenvalue weighted by atomic mass is 32.2. The van der Waals surface area contributed by atoms with Crippen molar-refractivity contribution in [2.45, 2.75) is 12.5 Å². The van der Waals surface area contributed by atoms with Crippen LogP contribution in [0.15, 0.2) is 42.7 Å². The van der Waals surface area contributed by atoms with Gasteiger partial charge >= 0.3 is 0 Å². The van der Waals surface area contributed by atoms with E-state index in [9.17, 15) is 4.79 Å². The molecule has 0 saturated carbocycles. The number of ether oxygens (including phenoxy) is 1. The van der Waals surface area contributed by atoms with Crippen LogP contribution in [-0.4, -0.2) is 38.3 Å². The molecule has 0 radical (unpaired) electrons. The van der Waals surface area contributed by atoms with Crippen LogP contribution in [0.3, 0.4) is 0 Å². The van der Waals surface area contributed by atoms with Crippen molar-refractivity contribution < 1.29 is 9.53 Å². The largest absolute Gasteiger partial charge is 0.473 e. The summed E-state index contributed by atoms with van der Waals surface area (Å²) >= 11 is 1.89. The second kappa shape index (κ2) is 6.76. The van der Waals surface area contributed by atoms with Gasteiger partial charge in [-0.25, -0.2) is 4.98 Å². The first-order chi connectivity index (χ1) is 12.2. The fourth-order valence-electron chi connectivity index (χ4n) is 2.81. The van der Waals surface area contributed by atoms with Gasteiger partial charge in [0.25, 0.3) is 5.91 Å². The number of nitrogens with one attached hydrogen (secondary N) is 1. The minimum atomic E-state index is -0.196. The Bertz CT molecular complexity index is 901. The number of fused-ring (bicyclic) bond motifs is 1. The molecule has 1 fully saturated rings. The molecular weight excluding hydrogens is 336 g/mol. The Morgan fingerprint density at radius 3 is 3.00 bits per heavy atom. The smallest absolute Gasteiger partial charge is 0.257 e. The van der Waals surface area contributed by atoms with E-state index in [1.54, 1.807) is 29.2 Å². The van der Waals surface area contributed by atoms with E-state index in [1.165, 1.54) is 0 Å². The standard InChI is InChI=1S/C18H18N4O2S/c1-22-16-4-3-14(8-13(16)10-20-22)21-18(23)12-2-5-17(19-9-12)24-15-6-7-25-11-15/h2-5,8-10,15H,6-7,11H2,1H3,(H,21,23)/t15-/m0/s1. The zero-order valence-electron chi connectivity index (χ0n) is 13.8. The van der Waals surface area contributed by atoms with Crippen molar-refractivity contribution in [3.63, 3.8) is 0 Å². The van der Waals surface area contributed by atoms with Crippen LogP contribution in [0.2, 0.25) is 0 Å². The van der Waals surface area contributed by atoms with Crippen LogP contribution in [0.4, 0.5) is 5.69 Å². The Kier molecular flexibility index (Phi) is 4.31. The van der Waals surface area contributed by atoms with E-state index in [0.717, 1.165) is 34.5 Å². The summed E-state index contributed by atoms with van der Waals surface area (Å²) in [6, 6.07) is 9.20. The molecule has 1 amide bonds. The highest BCUT2D eigenvalue weighted by Gasteiger charge is 2.17. The van der Waals surface area contributed by atoms with E-state index in [2.05, 4.69) is 15.4 Å². The molecule has 25 heavy (non-hydrogen) atoms. The quantitative estimate of drug-likeness (QED) is 0.780. The van der Waals surface area contributed by atoms with Gasteiger partial charge in [0.15, 0.2) is 0 Å². The molecule has 0 aliphatic carbocycles. The molecule has 1 aliphatic heterocycles. The maximum Gasteiger partial charge on any atom is 0.257 e. The lowest BCUT2D eigenvalue weighted by atomic mass is 10.2. The maximum atomic E-state index is 12.4. The van der Waals surface area contributed by atoms with E-state index in [-0.39, 0.29) is 12.0 Å². The summed E-state index contributed by atoms with van der Waals surface area (Å²) in [6.07, 6.45) is 4.60. The molecule has 1 N–H and O–H groups in total. The summed E-state index contributed by atoms with van der Waals surface area (Å²) < 4.78 is 7.60. The molecule has 1 atom stereocenters. The first-order valence-electron chi connectivity index (χ1n) is 8.12. The predicted molar refractivity (Wildman–Crippen MR) is 99.3 cm³/mol. The van der Waals surface area contributed by atoms with Crippen molar-refractivity contribution in [1.29, 1.82) is 0 Å². The lowest BCUT2D eigenvalue weighted by Gasteiger charge is -2.11. The van der Waals surface area contributed by atoms with Gasteiger partial charge in [0.05, 0.1) is 17.3 Å². The van der Waals surface area contributed by atoms with Crippen LogP contribution < -0.4 is 10.1 Å². The van der Waals surface area contributed by atoms with Gasteiger partial charge in [0, 0.05) is 36.1 Å². The number of carbonyl (C=O) groups excluding carboxylic acids is 1. The van der Waals surface area contributed by atoms with Gasteiger partial charge in [-0.05, 0) is 36.4 Å². The van der Waals surface area contributed by atoms with Crippen molar-refractivity contribution in [3.05, 3.63) is 48.3 Å². The predicted octanol–water partition coefficient (Wildman–Crippen LogP) is 3.10. The van der Waals surface area contributed by atoms with Crippen LogP contribution in [0, 0.1) is 0 Å². The van der Waals surface area contributed by atoms with E-state index in [0.29, 0.717) is 11.4 Å². The number of thioether (sulfide) groups is 1. The highest BCUT2D eigenvalue weighted by molar-refractivity contribution is 7.99. The summed E-state index contributed by atoms with van der Waals surface area (Å²) in [7, 11) is 1.89. The third kappa shape index (κ3) is 3.46. The number of rotatable bonds is 4. The molecule has 1 saturated heterocycles. The van der Waals surface area contributed by atoms with Gasteiger partial charge in [-0.2, -0.15) is 16.9 Å². The number of hydrogen-bond donors (Lipinski definition) is 1. The molecule has 0 spiro atoms. The molecule has 128 valence electrons. The monoisotopic (exact) mass is 354 g/mol. The SMILES string of the molecule is Cn1ncc2cc(NC(=O)c3ccc(O[C@H]4CCSC4)nc3)ccc21. The summed E-state index contributed by atoms with van der Waals surface area (Å²) in [5.41, 5.74) is 2.25. The van der Waals surface area contributed by atoms with E-state index >= 15 is 0 Å². The zero-order valence-corrected chi connectivity index (χ0v) is 14.6. The van der Waals surface area contributed by atoms with Crippen molar-refractivity contribution >= 4 is 34.3 Å². The number of aryl methyl sites for hydroxylation is 1. The Hall–Kier alpha value is -2.54. The minimum Gasteiger partial charge on any atom is -0.473 e. The Morgan fingerprint density at radius 1 is 1.32 bits per heavy atom. The molecule has 0 bridgehead atoms. The van der Waals surface area contributed by atoms with Crippen molar-refractivity contribution in [3.8, 4) is 5.88 Å². The number of aromatic nitrogens is 3. The molecule has 1 aromatic carbocycles. The Balaban J connectivity index is 1.44. The van der Waals surface area contributed by atoms with Gasteiger partial charge in [-0.15, -0.1) is 0 Å². The molecule has 1 aliphatic rings. The van der Waals surface area contributed by atoms with Crippen molar-refractivity contribution in [1.82, 2.24) is 14.8 Å². The number of amides is 1. The first kappa shape index (κ1) is 16.0. The second-order valence-corrected chi connectivity index (χ2v) is 7.13. The molecule has 4 rings (SSSR count). The summed E-state index contributed by atoms with van der Waals surface area (Å²) in [6.45, 7) is 0. The Labute approximate surface area is 149 Å². The third-order valence-corrected chi connectivity index (χ3v) is 5.31. The van der Waals surface area contributed by atoms with Gasteiger partial charge < -0.3 is 10.1 Å². The van der Waals surface area contributed by atoms with Crippen LogP contribution in [0.1, 0.15) is 16.8 Å². The lowest BCUT2D eigenvalue weighted by Crippen LogP contribution is -2.16. The van der Waals surface area contributed by atoms with Gasteiger partial charge in [0.2, 0.25) is 5.88 Å². The van der Waals surface area contributed by atoms with Crippen LogP contribution in [-0.2, 0) is 7.05 Å². The topological polar surface area (TPSA) is 69.0 Å². The first-order valence-corrected chi connectivity index (χ1v) is 9.28. The molecule has 3 heterocycles. The fraction of sp³-hybridized carbons (Fsp3) is 0.278. The third-order valence-electron chi connectivity index (χ3n) is 4.18. The zero-order chi connectivity index (χ0) is 17.2. The molecule has 3 aromatic rings. The number of carbonyl (C=O) groups is 1. The van der Waals surface area contributed by atoms with E-state index in [4.69, 9.17) is 4.74 Å². The summed E-state index contributed by atoms with van der Waals surface area (Å²) in [5.74, 6) is 2.51. The van der Waals surface area contributed by atoms with E-state index in [1.807, 2.05) is 37.0 Å². The van der Waals surface area contributed by atoms with Crippen LogP contribution in [0.5, 0.6) is 5.88 Å². The maximum absolute atomic E-state index is 12.4. The van der Waals surface area contributed by atoms with Gasteiger partial charge in [-0.3, -0.25) is 9.48 Å². The minimum absolute atomic E-state index is 0.196. The average Bonchev–Trinajstić information content (AvgIpc) is 3.25. The molecule has 2 aromatic heterocycles.